The number of piperazine rings is 1. The lowest BCUT2D eigenvalue weighted by molar-refractivity contribution is 0.0744. The quantitative estimate of drug-likeness (QED) is 0.926. The SMILES string of the molecule is O=C(c1ccccc1O)N1CCN(c2ccc(F)cc2)CC1. The summed E-state index contributed by atoms with van der Waals surface area (Å²) in [6.07, 6.45) is 0. The number of phenols is 1. The summed E-state index contributed by atoms with van der Waals surface area (Å²) in [6, 6.07) is 12.9. The molecular formula is C17H17FN2O2. The molecule has 0 spiro atoms. The molecule has 4 nitrogen and oxygen atoms in total. The smallest absolute Gasteiger partial charge is 0.257 e. The third-order valence-electron chi connectivity index (χ3n) is 3.89. The zero-order valence-electron chi connectivity index (χ0n) is 12.1. The van der Waals surface area contributed by atoms with Gasteiger partial charge in [-0.1, -0.05) is 12.1 Å². The normalized spacial score (nSPS) is 15.0. The van der Waals surface area contributed by atoms with Gasteiger partial charge in [-0.05, 0) is 36.4 Å². The van der Waals surface area contributed by atoms with Crippen LogP contribution in [0.5, 0.6) is 5.75 Å². The second-order valence-corrected chi connectivity index (χ2v) is 5.27. The first-order valence-electron chi connectivity index (χ1n) is 7.23. The number of carbonyl (C=O) groups is 1. The molecule has 22 heavy (non-hydrogen) atoms. The predicted molar refractivity (Wildman–Crippen MR) is 82.6 cm³/mol. The van der Waals surface area contributed by atoms with Crippen molar-refractivity contribution in [2.75, 3.05) is 31.1 Å². The molecule has 0 aromatic heterocycles. The van der Waals surface area contributed by atoms with Gasteiger partial charge >= 0.3 is 0 Å². The van der Waals surface area contributed by atoms with E-state index in [0.29, 0.717) is 31.7 Å². The van der Waals surface area contributed by atoms with Crippen LogP contribution < -0.4 is 4.90 Å². The number of rotatable bonds is 2. The van der Waals surface area contributed by atoms with E-state index < -0.39 is 0 Å². The highest BCUT2D eigenvalue weighted by Gasteiger charge is 2.23. The Labute approximate surface area is 128 Å². The minimum Gasteiger partial charge on any atom is -0.507 e. The number of carbonyl (C=O) groups excluding carboxylic acids is 1. The van der Waals surface area contributed by atoms with Crippen molar-refractivity contribution in [1.82, 2.24) is 4.90 Å². The highest BCUT2D eigenvalue weighted by molar-refractivity contribution is 5.96. The summed E-state index contributed by atoms with van der Waals surface area (Å²) in [6.45, 7) is 2.52. The van der Waals surface area contributed by atoms with Gasteiger partial charge < -0.3 is 14.9 Å². The van der Waals surface area contributed by atoms with Gasteiger partial charge in [0.1, 0.15) is 11.6 Å². The number of nitrogens with zero attached hydrogens (tertiary/aromatic N) is 2. The number of amides is 1. The molecule has 0 bridgehead atoms. The van der Waals surface area contributed by atoms with Crippen LogP contribution in [0, 0.1) is 5.82 Å². The van der Waals surface area contributed by atoms with Crippen LogP contribution >= 0.6 is 0 Å². The summed E-state index contributed by atoms with van der Waals surface area (Å²) in [5.74, 6) is -0.401. The van der Waals surface area contributed by atoms with Gasteiger partial charge in [0, 0.05) is 31.9 Å². The lowest BCUT2D eigenvalue weighted by Crippen LogP contribution is -2.48. The Morgan fingerprint density at radius 3 is 2.23 bits per heavy atom. The van der Waals surface area contributed by atoms with E-state index in [0.717, 1.165) is 5.69 Å². The number of anilines is 1. The average molecular weight is 300 g/mol. The summed E-state index contributed by atoms with van der Waals surface area (Å²) >= 11 is 0. The van der Waals surface area contributed by atoms with Gasteiger partial charge in [-0.15, -0.1) is 0 Å². The standard InChI is InChI=1S/C17H17FN2O2/c18-13-5-7-14(8-6-13)19-9-11-20(12-10-19)17(22)15-3-1-2-4-16(15)21/h1-8,21H,9-12H2. The van der Waals surface area contributed by atoms with Crippen LogP contribution in [-0.4, -0.2) is 42.1 Å². The first kappa shape index (κ1) is 14.4. The Hall–Kier alpha value is -2.56. The van der Waals surface area contributed by atoms with Gasteiger partial charge in [-0.3, -0.25) is 4.79 Å². The van der Waals surface area contributed by atoms with Crippen molar-refractivity contribution in [2.24, 2.45) is 0 Å². The first-order valence-corrected chi connectivity index (χ1v) is 7.23. The molecule has 1 heterocycles. The number of hydrogen-bond acceptors (Lipinski definition) is 3. The average Bonchev–Trinajstić information content (AvgIpc) is 2.56. The molecule has 1 aliphatic rings. The second-order valence-electron chi connectivity index (χ2n) is 5.27. The van der Waals surface area contributed by atoms with Gasteiger partial charge in [-0.2, -0.15) is 0 Å². The van der Waals surface area contributed by atoms with Gasteiger partial charge in [0.25, 0.3) is 5.91 Å². The molecule has 1 amide bonds. The molecule has 1 saturated heterocycles. The zero-order valence-corrected chi connectivity index (χ0v) is 12.1. The summed E-state index contributed by atoms with van der Waals surface area (Å²) in [5, 5.41) is 9.77. The molecule has 5 heteroatoms. The number of halogens is 1. The van der Waals surface area contributed by atoms with Gasteiger partial charge in [0.15, 0.2) is 0 Å². The summed E-state index contributed by atoms with van der Waals surface area (Å²) in [7, 11) is 0. The molecule has 1 N–H and O–H groups in total. The highest BCUT2D eigenvalue weighted by atomic mass is 19.1. The first-order chi connectivity index (χ1) is 10.6. The maximum absolute atomic E-state index is 13.0. The van der Waals surface area contributed by atoms with Gasteiger partial charge in [-0.25, -0.2) is 4.39 Å². The van der Waals surface area contributed by atoms with Crippen LogP contribution in [0.4, 0.5) is 10.1 Å². The molecule has 1 fully saturated rings. The molecule has 0 aliphatic carbocycles. The van der Waals surface area contributed by atoms with E-state index >= 15 is 0 Å². The number of phenolic OH excluding ortho intramolecular Hbond substituents is 1. The summed E-state index contributed by atoms with van der Waals surface area (Å²) in [4.78, 5) is 16.3. The van der Waals surface area contributed by atoms with E-state index in [1.54, 1.807) is 35.2 Å². The number of aromatic hydroxyl groups is 1. The lowest BCUT2D eigenvalue weighted by Gasteiger charge is -2.36. The van der Waals surface area contributed by atoms with Crippen molar-refractivity contribution in [2.45, 2.75) is 0 Å². The largest absolute Gasteiger partial charge is 0.507 e. The Morgan fingerprint density at radius 1 is 0.955 bits per heavy atom. The van der Waals surface area contributed by atoms with E-state index in [1.807, 2.05) is 0 Å². The van der Waals surface area contributed by atoms with E-state index in [4.69, 9.17) is 0 Å². The summed E-state index contributed by atoms with van der Waals surface area (Å²) < 4.78 is 13.0. The highest BCUT2D eigenvalue weighted by Crippen LogP contribution is 2.21. The van der Waals surface area contributed by atoms with E-state index in [9.17, 15) is 14.3 Å². The van der Waals surface area contributed by atoms with Crippen LogP contribution in [0.3, 0.4) is 0 Å². The van der Waals surface area contributed by atoms with E-state index in [2.05, 4.69) is 4.90 Å². The number of benzene rings is 2. The molecule has 0 unspecified atom stereocenters. The van der Waals surface area contributed by atoms with Crippen molar-refractivity contribution in [3.05, 3.63) is 59.9 Å². The molecule has 0 saturated carbocycles. The van der Waals surface area contributed by atoms with Gasteiger partial charge in [0.2, 0.25) is 0 Å². The van der Waals surface area contributed by atoms with Crippen molar-refractivity contribution >= 4 is 11.6 Å². The topological polar surface area (TPSA) is 43.8 Å². The summed E-state index contributed by atoms with van der Waals surface area (Å²) in [5.41, 5.74) is 1.29. The zero-order chi connectivity index (χ0) is 15.5. The van der Waals surface area contributed by atoms with E-state index in [1.165, 1.54) is 18.2 Å². The lowest BCUT2D eigenvalue weighted by atomic mass is 10.1. The molecule has 0 atom stereocenters. The van der Waals surface area contributed by atoms with Crippen LogP contribution in [-0.2, 0) is 0 Å². The fourth-order valence-corrected chi connectivity index (χ4v) is 2.64. The van der Waals surface area contributed by atoms with Crippen molar-refractivity contribution in [3.63, 3.8) is 0 Å². The third-order valence-corrected chi connectivity index (χ3v) is 3.89. The molecule has 3 rings (SSSR count). The van der Waals surface area contributed by atoms with Crippen molar-refractivity contribution in [1.29, 1.82) is 0 Å². The molecule has 1 aliphatic heterocycles. The van der Waals surface area contributed by atoms with Crippen LogP contribution in [0.15, 0.2) is 48.5 Å². The fourth-order valence-electron chi connectivity index (χ4n) is 2.64. The minimum atomic E-state index is -0.253. The molecule has 2 aromatic carbocycles. The van der Waals surface area contributed by atoms with Crippen LogP contribution in [0.25, 0.3) is 0 Å². The number of hydrogen-bond donors (Lipinski definition) is 1. The Kier molecular flexibility index (Phi) is 3.96. The Balaban J connectivity index is 1.65. The molecule has 2 aromatic rings. The molecule has 114 valence electrons. The second kappa shape index (κ2) is 6.05. The van der Waals surface area contributed by atoms with Crippen molar-refractivity contribution < 1.29 is 14.3 Å². The fraction of sp³-hybridized carbons (Fsp3) is 0.235. The van der Waals surface area contributed by atoms with Gasteiger partial charge in [0.05, 0.1) is 5.56 Å². The van der Waals surface area contributed by atoms with Crippen LogP contribution in [0.1, 0.15) is 10.4 Å². The monoisotopic (exact) mass is 300 g/mol. The van der Waals surface area contributed by atoms with E-state index in [-0.39, 0.29) is 17.5 Å². The maximum atomic E-state index is 13.0. The maximum Gasteiger partial charge on any atom is 0.257 e. The predicted octanol–water partition coefficient (Wildman–Crippen LogP) is 2.49. The molecular weight excluding hydrogens is 283 g/mol. The Morgan fingerprint density at radius 2 is 1.59 bits per heavy atom. The third kappa shape index (κ3) is 2.88. The Bertz CT molecular complexity index is 665. The van der Waals surface area contributed by atoms with Crippen LogP contribution in [0.2, 0.25) is 0 Å². The molecule has 0 radical (unpaired) electrons. The minimum absolute atomic E-state index is 0.00784. The van der Waals surface area contributed by atoms with Crippen molar-refractivity contribution in [3.8, 4) is 5.75 Å². The number of para-hydroxylation sites is 1.